The number of hydrogen-bond donors (Lipinski definition) is 3. The highest BCUT2D eigenvalue weighted by molar-refractivity contribution is 7.83. The number of rotatable bonds is 9. The Hall–Kier alpha value is -3.88. The van der Waals surface area contributed by atoms with E-state index in [4.69, 9.17) is 14.5 Å². The summed E-state index contributed by atoms with van der Waals surface area (Å²) in [7, 11) is -1.57. The first-order valence-electron chi connectivity index (χ1n) is 14.3. The van der Waals surface area contributed by atoms with E-state index >= 15 is 0 Å². The zero-order chi connectivity index (χ0) is 32.0. The van der Waals surface area contributed by atoms with Crippen molar-refractivity contribution in [3.8, 4) is 16.2 Å². The van der Waals surface area contributed by atoms with Crippen LogP contribution in [0.5, 0.6) is 5.75 Å². The van der Waals surface area contributed by atoms with Gasteiger partial charge in [-0.3, -0.25) is 15.4 Å². The van der Waals surface area contributed by atoms with Crippen LogP contribution in [0.4, 0.5) is 21.0 Å². The lowest BCUT2D eigenvalue weighted by Crippen LogP contribution is -2.39. The first-order valence-corrected chi connectivity index (χ1v) is 16.2. The van der Waals surface area contributed by atoms with Gasteiger partial charge in [-0.05, 0) is 84.6 Å². The molecule has 1 heterocycles. The van der Waals surface area contributed by atoms with Gasteiger partial charge in [0.25, 0.3) is 5.69 Å². The van der Waals surface area contributed by atoms with Crippen molar-refractivity contribution in [1.82, 2.24) is 15.0 Å². The molecule has 1 aliphatic carbocycles. The molecule has 3 aromatic rings. The van der Waals surface area contributed by atoms with Crippen LogP contribution < -0.4 is 20.1 Å². The molecule has 0 spiro atoms. The second-order valence-corrected chi connectivity index (χ2v) is 14.1. The summed E-state index contributed by atoms with van der Waals surface area (Å²) in [6.45, 7) is 9.31. The van der Waals surface area contributed by atoms with Gasteiger partial charge in [0, 0.05) is 47.1 Å². The molecule has 236 valence electrons. The van der Waals surface area contributed by atoms with Crippen molar-refractivity contribution in [2.75, 3.05) is 5.32 Å². The van der Waals surface area contributed by atoms with Crippen LogP contribution in [0.2, 0.25) is 0 Å². The molecule has 1 aliphatic rings. The quantitative estimate of drug-likeness (QED) is 0.168. The summed E-state index contributed by atoms with van der Waals surface area (Å²) in [5.74, 6) is 0.445. The van der Waals surface area contributed by atoms with Crippen LogP contribution in [0.25, 0.3) is 10.4 Å². The molecule has 1 fully saturated rings. The van der Waals surface area contributed by atoms with Crippen LogP contribution in [0.15, 0.2) is 53.6 Å². The van der Waals surface area contributed by atoms with Gasteiger partial charge >= 0.3 is 12.2 Å². The molecule has 4 rings (SSSR count). The molecular weight excluding hydrogens is 606 g/mol. The molecule has 0 aliphatic heterocycles. The molecule has 0 radical (unpaired) electrons. The van der Waals surface area contributed by atoms with Gasteiger partial charge in [-0.15, -0.1) is 11.3 Å². The second kappa shape index (κ2) is 14.3. The fourth-order valence-corrected chi connectivity index (χ4v) is 7.15. The van der Waals surface area contributed by atoms with Crippen LogP contribution in [0, 0.1) is 10.1 Å². The Morgan fingerprint density at radius 2 is 1.75 bits per heavy atom. The number of nitrogens with zero attached hydrogens (tertiary/aromatic N) is 2. The average Bonchev–Trinajstić information content (AvgIpc) is 3.42. The Labute approximate surface area is 262 Å². The molecule has 12 nitrogen and oxygen atoms in total. The minimum atomic E-state index is -1.57. The number of ether oxygens (including phenoxy) is 2. The zero-order valence-corrected chi connectivity index (χ0v) is 26.9. The molecule has 14 heteroatoms. The molecule has 0 saturated heterocycles. The minimum Gasteiger partial charge on any atom is -0.447 e. The number of benzene rings is 2. The predicted molar refractivity (Wildman–Crippen MR) is 169 cm³/mol. The number of amides is 2. The number of thiazole rings is 1. The van der Waals surface area contributed by atoms with E-state index in [9.17, 15) is 23.9 Å². The van der Waals surface area contributed by atoms with E-state index in [-0.39, 0.29) is 29.5 Å². The van der Waals surface area contributed by atoms with Crippen molar-refractivity contribution in [2.45, 2.75) is 88.8 Å². The van der Waals surface area contributed by atoms with Crippen molar-refractivity contribution in [1.29, 1.82) is 0 Å². The molecule has 2 amide bonds. The molecular formula is C30H37N5O7S2. The monoisotopic (exact) mass is 643 g/mol. The third-order valence-corrected chi connectivity index (χ3v) is 9.34. The number of nitro groups is 1. The van der Waals surface area contributed by atoms with E-state index in [0.29, 0.717) is 10.6 Å². The smallest absolute Gasteiger partial charge is 0.412 e. The van der Waals surface area contributed by atoms with Crippen molar-refractivity contribution < 1.29 is 28.2 Å². The SMILES string of the molecule is CC(C)OC(=O)Nc1ccc(-c2cnc(C3CCC(NC(=O)Oc4ccc([N+](=O)[O-])cc4)CC3)s2)c(S(=O)NC(C)(C)C)c1. The summed E-state index contributed by atoms with van der Waals surface area (Å²) in [5.41, 5.74) is 0.740. The molecule has 44 heavy (non-hydrogen) atoms. The summed E-state index contributed by atoms with van der Waals surface area (Å²) >= 11 is 1.54. The van der Waals surface area contributed by atoms with Crippen LogP contribution in [0.1, 0.15) is 71.2 Å². The van der Waals surface area contributed by atoms with Gasteiger partial charge in [-0.1, -0.05) is 6.07 Å². The van der Waals surface area contributed by atoms with Gasteiger partial charge < -0.3 is 14.8 Å². The molecule has 3 N–H and O–H groups in total. The number of hydrogen-bond acceptors (Lipinski definition) is 9. The topological polar surface area (TPSA) is 162 Å². The first kappa shape index (κ1) is 33.0. The van der Waals surface area contributed by atoms with Crippen molar-refractivity contribution in [3.05, 3.63) is 63.8 Å². The number of anilines is 1. The fourth-order valence-electron chi connectivity index (χ4n) is 4.68. The van der Waals surface area contributed by atoms with E-state index < -0.39 is 33.6 Å². The number of nitro benzene ring substituents is 1. The zero-order valence-electron chi connectivity index (χ0n) is 25.2. The predicted octanol–water partition coefficient (Wildman–Crippen LogP) is 6.90. The van der Waals surface area contributed by atoms with E-state index in [1.54, 1.807) is 43.5 Å². The highest BCUT2D eigenvalue weighted by Crippen LogP contribution is 2.39. The summed E-state index contributed by atoms with van der Waals surface area (Å²) < 4.78 is 27.0. The minimum absolute atomic E-state index is 0.0591. The Morgan fingerprint density at radius 1 is 1.07 bits per heavy atom. The Balaban J connectivity index is 1.40. The molecule has 1 aromatic heterocycles. The van der Waals surface area contributed by atoms with E-state index in [1.807, 2.05) is 26.8 Å². The molecule has 1 atom stereocenters. The van der Waals surface area contributed by atoms with Gasteiger partial charge in [0.1, 0.15) is 16.7 Å². The van der Waals surface area contributed by atoms with Gasteiger partial charge in [-0.2, -0.15) is 0 Å². The maximum Gasteiger partial charge on any atom is 0.412 e. The third kappa shape index (κ3) is 9.31. The summed E-state index contributed by atoms with van der Waals surface area (Å²) in [5, 5.41) is 17.4. The molecule has 0 bridgehead atoms. The number of carbonyl (C=O) groups is 2. The van der Waals surface area contributed by atoms with Gasteiger partial charge in [0.2, 0.25) is 0 Å². The lowest BCUT2D eigenvalue weighted by atomic mass is 9.86. The number of non-ortho nitro benzene ring substituents is 1. The molecule has 2 aromatic carbocycles. The van der Waals surface area contributed by atoms with Crippen LogP contribution in [0.3, 0.4) is 0 Å². The number of carbonyl (C=O) groups excluding carboxylic acids is 2. The Bertz CT molecular complexity index is 1510. The average molecular weight is 644 g/mol. The van der Waals surface area contributed by atoms with Gasteiger partial charge in [-0.25, -0.2) is 23.5 Å². The van der Waals surface area contributed by atoms with Gasteiger partial charge in [0.05, 0.1) is 25.8 Å². The summed E-state index contributed by atoms with van der Waals surface area (Å²) in [6.07, 6.45) is 3.46. The van der Waals surface area contributed by atoms with Crippen molar-refractivity contribution in [3.63, 3.8) is 0 Å². The maximum atomic E-state index is 13.4. The Morgan fingerprint density at radius 3 is 2.36 bits per heavy atom. The Kier molecular flexibility index (Phi) is 10.7. The highest BCUT2D eigenvalue weighted by atomic mass is 32.2. The standard InChI is InChI=1S/C30H37N5O7S2/c1-18(2)41-28(36)33-21-10-15-24(26(16-21)44(40)34-30(3,4)5)25-17-31-27(43-25)19-6-8-20(9-7-19)32-29(37)42-23-13-11-22(12-14-23)35(38)39/h10-20,34H,6-9H2,1-5H3,(H,32,37)(H,33,36). The van der Waals surface area contributed by atoms with Crippen LogP contribution >= 0.6 is 11.3 Å². The molecule has 1 saturated carbocycles. The lowest BCUT2D eigenvalue weighted by Gasteiger charge is -2.27. The fraction of sp³-hybridized carbons (Fsp3) is 0.433. The maximum absolute atomic E-state index is 13.4. The number of nitrogens with one attached hydrogen (secondary N) is 3. The highest BCUT2D eigenvalue weighted by Gasteiger charge is 2.27. The summed E-state index contributed by atoms with van der Waals surface area (Å²) in [4.78, 5) is 40.9. The number of aromatic nitrogens is 1. The second-order valence-electron chi connectivity index (χ2n) is 11.8. The molecule has 1 unspecified atom stereocenters. The van der Waals surface area contributed by atoms with E-state index in [2.05, 4.69) is 15.4 Å². The van der Waals surface area contributed by atoms with Gasteiger partial charge in [0.15, 0.2) is 0 Å². The van der Waals surface area contributed by atoms with Crippen molar-refractivity contribution in [2.24, 2.45) is 0 Å². The van der Waals surface area contributed by atoms with Crippen LogP contribution in [-0.4, -0.2) is 44.0 Å². The lowest BCUT2D eigenvalue weighted by molar-refractivity contribution is -0.384. The normalized spacial score (nSPS) is 17.5. The first-order chi connectivity index (χ1) is 20.8. The van der Waals surface area contributed by atoms with Crippen LogP contribution in [-0.2, 0) is 15.7 Å². The van der Waals surface area contributed by atoms with E-state index in [0.717, 1.165) is 41.1 Å². The third-order valence-electron chi connectivity index (χ3n) is 6.61. The van der Waals surface area contributed by atoms with E-state index in [1.165, 1.54) is 24.3 Å². The summed E-state index contributed by atoms with van der Waals surface area (Å²) in [6, 6.07) is 10.6. The van der Waals surface area contributed by atoms with Crippen molar-refractivity contribution >= 4 is 45.9 Å². The largest absolute Gasteiger partial charge is 0.447 e.